The molecule has 106 valence electrons. The smallest absolute Gasteiger partial charge is 0.194 e. The molecule has 20 heavy (non-hydrogen) atoms. The minimum Gasteiger partial charge on any atom is -0.497 e. The predicted molar refractivity (Wildman–Crippen MR) is 77.8 cm³/mol. The Morgan fingerprint density at radius 3 is 3.10 bits per heavy atom. The predicted octanol–water partition coefficient (Wildman–Crippen LogP) is 3.03. The van der Waals surface area contributed by atoms with E-state index in [1.807, 2.05) is 24.3 Å². The van der Waals surface area contributed by atoms with Crippen LogP contribution < -0.4 is 10.1 Å². The lowest BCUT2D eigenvalue weighted by Gasteiger charge is -2.01. The number of hydrogen-bond donors (Lipinski definition) is 1. The van der Waals surface area contributed by atoms with Gasteiger partial charge in [-0.15, -0.1) is 0 Å². The highest BCUT2D eigenvalue weighted by atomic mass is 16.5. The largest absolute Gasteiger partial charge is 0.497 e. The van der Waals surface area contributed by atoms with Gasteiger partial charge >= 0.3 is 0 Å². The van der Waals surface area contributed by atoms with E-state index in [1.54, 1.807) is 13.3 Å². The summed E-state index contributed by atoms with van der Waals surface area (Å²) < 4.78 is 11.0. The van der Waals surface area contributed by atoms with Crippen LogP contribution in [0, 0.1) is 0 Å². The summed E-state index contributed by atoms with van der Waals surface area (Å²) in [5.74, 6) is 2.43. The molecule has 3 rings (SSSR count). The van der Waals surface area contributed by atoms with Gasteiger partial charge in [0.15, 0.2) is 11.7 Å². The fourth-order valence-electron chi connectivity index (χ4n) is 2.17. The lowest BCUT2D eigenvalue weighted by atomic mass is 10.2. The Morgan fingerprint density at radius 2 is 2.30 bits per heavy atom. The van der Waals surface area contributed by atoms with Gasteiger partial charge in [0.05, 0.1) is 13.3 Å². The van der Waals surface area contributed by atoms with E-state index in [-0.39, 0.29) is 0 Å². The number of rotatable bonds is 7. The zero-order valence-corrected chi connectivity index (χ0v) is 11.8. The number of ether oxygens (including phenoxy) is 1. The second kappa shape index (κ2) is 6.09. The maximum absolute atomic E-state index is 5.80. The van der Waals surface area contributed by atoms with E-state index in [0.717, 1.165) is 48.4 Å². The minimum atomic E-state index is 0.770. The van der Waals surface area contributed by atoms with Crippen molar-refractivity contribution in [3.05, 3.63) is 36.4 Å². The van der Waals surface area contributed by atoms with E-state index in [0.29, 0.717) is 0 Å². The van der Waals surface area contributed by atoms with Crippen LogP contribution in [0.4, 0.5) is 0 Å². The molecule has 1 saturated carbocycles. The van der Waals surface area contributed by atoms with Crippen molar-refractivity contribution in [3.63, 3.8) is 0 Å². The van der Waals surface area contributed by atoms with Crippen LogP contribution in [0.3, 0.4) is 0 Å². The van der Waals surface area contributed by atoms with Crippen LogP contribution >= 0.6 is 0 Å². The molecule has 0 atom stereocenters. The lowest BCUT2D eigenvalue weighted by Crippen LogP contribution is -2.17. The Bertz CT molecular complexity index is 561. The summed E-state index contributed by atoms with van der Waals surface area (Å²) in [7, 11) is 1.66. The SMILES string of the molecule is COc1cccc(-c2cnc(CCCNC3CC3)o2)c1. The first-order valence-electron chi connectivity index (χ1n) is 7.17. The maximum atomic E-state index is 5.80. The van der Waals surface area contributed by atoms with Crippen LogP contribution in [0.5, 0.6) is 5.75 Å². The molecule has 0 aliphatic heterocycles. The number of nitrogens with one attached hydrogen (secondary N) is 1. The first kappa shape index (κ1) is 13.2. The lowest BCUT2D eigenvalue weighted by molar-refractivity contribution is 0.414. The van der Waals surface area contributed by atoms with Gasteiger partial charge in [-0.25, -0.2) is 4.98 Å². The van der Waals surface area contributed by atoms with Crippen molar-refractivity contribution in [2.24, 2.45) is 0 Å². The molecule has 1 aliphatic carbocycles. The third kappa shape index (κ3) is 3.39. The molecule has 0 bridgehead atoms. The maximum Gasteiger partial charge on any atom is 0.194 e. The van der Waals surface area contributed by atoms with Gasteiger partial charge in [-0.2, -0.15) is 0 Å². The Hall–Kier alpha value is -1.81. The molecule has 4 nitrogen and oxygen atoms in total. The number of benzene rings is 1. The van der Waals surface area contributed by atoms with Crippen molar-refractivity contribution in [2.75, 3.05) is 13.7 Å². The molecule has 1 heterocycles. The van der Waals surface area contributed by atoms with Crippen molar-refractivity contribution in [1.29, 1.82) is 0 Å². The summed E-state index contributed by atoms with van der Waals surface area (Å²) in [5, 5.41) is 3.49. The fraction of sp³-hybridized carbons (Fsp3) is 0.438. The van der Waals surface area contributed by atoms with Crippen LogP contribution in [0.2, 0.25) is 0 Å². The monoisotopic (exact) mass is 272 g/mol. The highest BCUT2D eigenvalue weighted by Gasteiger charge is 2.19. The van der Waals surface area contributed by atoms with E-state index in [9.17, 15) is 0 Å². The summed E-state index contributed by atoms with van der Waals surface area (Å²) in [5.41, 5.74) is 0.999. The highest BCUT2D eigenvalue weighted by Crippen LogP contribution is 2.24. The van der Waals surface area contributed by atoms with Gasteiger partial charge in [-0.1, -0.05) is 12.1 Å². The topological polar surface area (TPSA) is 47.3 Å². The summed E-state index contributed by atoms with van der Waals surface area (Å²) in [6, 6.07) is 8.60. The summed E-state index contributed by atoms with van der Waals surface area (Å²) in [6.07, 6.45) is 6.40. The Kier molecular flexibility index (Phi) is 4.02. The standard InChI is InChI=1S/C16H20N2O2/c1-19-14-5-2-4-12(10-14)15-11-18-16(20-15)6-3-9-17-13-7-8-13/h2,4-5,10-11,13,17H,3,6-9H2,1H3. The number of aryl methyl sites for hydroxylation is 1. The van der Waals surface area contributed by atoms with Gasteiger partial charge in [-0.05, 0) is 37.9 Å². The van der Waals surface area contributed by atoms with Crippen LogP contribution in [0.1, 0.15) is 25.2 Å². The van der Waals surface area contributed by atoms with Crippen molar-refractivity contribution in [2.45, 2.75) is 31.7 Å². The molecule has 1 aliphatic rings. The van der Waals surface area contributed by atoms with Gasteiger partial charge in [-0.3, -0.25) is 0 Å². The second-order valence-corrected chi connectivity index (χ2v) is 5.18. The van der Waals surface area contributed by atoms with E-state index in [4.69, 9.17) is 9.15 Å². The third-order valence-electron chi connectivity index (χ3n) is 3.49. The number of hydrogen-bond acceptors (Lipinski definition) is 4. The fourth-order valence-corrected chi connectivity index (χ4v) is 2.17. The highest BCUT2D eigenvalue weighted by molar-refractivity contribution is 5.58. The number of nitrogens with zero attached hydrogens (tertiary/aromatic N) is 1. The molecule has 0 unspecified atom stereocenters. The quantitative estimate of drug-likeness (QED) is 0.787. The average molecular weight is 272 g/mol. The van der Waals surface area contributed by atoms with Gasteiger partial charge in [0, 0.05) is 18.0 Å². The molecule has 0 spiro atoms. The first-order valence-corrected chi connectivity index (χ1v) is 7.17. The molecule has 1 N–H and O–H groups in total. The van der Waals surface area contributed by atoms with Gasteiger partial charge in [0.25, 0.3) is 0 Å². The van der Waals surface area contributed by atoms with Gasteiger partial charge in [0.2, 0.25) is 0 Å². The molecule has 1 fully saturated rings. The molecule has 4 heteroatoms. The Balaban J connectivity index is 1.57. The summed E-state index contributed by atoms with van der Waals surface area (Å²) in [6.45, 7) is 1.04. The van der Waals surface area contributed by atoms with Crippen LogP contribution in [-0.2, 0) is 6.42 Å². The molecular formula is C16H20N2O2. The third-order valence-corrected chi connectivity index (χ3v) is 3.49. The van der Waals surface area contributed by atoms with E-state index < -0.39 is 0 Å². The molecule has 0 saturated heterocycles. The van der Waals surface area contributed by atoms with Crippen molar-refractivity contribution < 1.29 is 9.15 Å². The minimum absolute atomic E-state index is 0.770. The first-order chi connectivity index (χ1) is 9.85. The van der Waals surface area contributed by atoms with Crippen LogP contribution in [-0.4, -0.2) is 24.7 Å². The Labute approximate surface area is 119 Å². The summed E-state index contributed by atoms with van der Waals surface area (Å²) in [4.78, 5) is 4.35. The van der Waals surface area contributed by atoms with Crippen molar-refractivity contribution in [1.82, 2.24) is 10.3 Å². The molecule has 1 aromatic heterocycles. The zero-order chi connectivity index (χ0) is 13.8. The van der Waals surface area contributed by atoms with E-state index in [1.165, 1.54) is 12.8 Å². The van der Waals surface area contributed by atoms with Crippen LogP contribution in [0.25, 0.3) is 11.3 Å². The molecule has 0 radical (unpaired) electrons. The molecule has 1 aromatic carbocycles. The van der Waals surface area contributed by atoms with Crippen molar-refractivity contribution >= 4 is 0 Å². The normalized spacial score (nSPS) is 14.4. The molecule has 2 aromatic rings. The van der Waals surface area contributed by atoms with Gasteiger partial charge < -0.3 is 14.5 Å². The Morgan fingerprint density at radius 1 is 1.40 bits per heavy atom. The molecule has 0 amide bonds. The number of oxazole rings is 1. The second-order valence-electron chi connectivity index (χ2n) is 5.18. The zero-order valence-electron chi connectivity index (χ0n) is 11.8. The summed E-state index contributed by atoms with van der Waals surface area (Å²) >= 11 is 0. The van der Waals surface area contributed by atoms with Crippen molar-refractivity contribution in [3.8, 4) is 17.1 Å². The van der Waals surface area contributed by atoms with E-state index in [2.05, 4.69) is 10.3 Å². The molecular weight excluding hydrogens is 252 g/mol. The number of aromatic nitrogens is 1. The van der Waals surface area contributed by atoms with Crippen LogP contribution in [0.15, 0.2) is 34.9 Å². The number of methoxy groups -OCH3 is 1. The van der Waals surface area contributed by atoms with E-state index >= 15 is 0 Å². The average Bonchev–Trinajstić information content (AvgIpc) is 3.20. The van der Waals surface area contributed by atoms with Gasteiger partial charge in [0.1, 0.15) is 5.75 Å².